The summed E-state index contributed by atoms with van der Waals surface area (Å²) < 4.78 is 0. The first-order chi connectivity index (χ1) is 9.16. The zero-order chi connectivity index (χ0) is 13.7. The molecule has 0 atom stereocenters. The SMILES string of the molecule is C/C(=N\NC(=O)c1ccc(O)cc1)c1ccccc1. The molecule has 4 nitrogen and oxygen atoms in total. The lowest BCUT2D eigenvalue weighted by atomic mass is 10.1. The number of nitrogens with one attached hydrogen (secondary N) is 1. The van der Waals surface area contributed by atoms with Gasteiger partial charge >= 0.3 is 0 Å². The van der Waals surface area contributed by atoms with Crippen LogP contribution < -0.4 is 5.43 Å². The Bertz CT molecular complexity index is 589. The van der Waals surface area contributed by atoms with E-state index in [0.717, 1.165) is 11.3 Å². The van der Waals surface area contributed by atoms with E-state index in [-0.39, 0.29) is 11.7 Å². The summed E-state index contributed by atoms with van der Waals surface area (Å²) in [6, 6.07) is 15.6. The quantitative estimate of drug-likeness (QED) is 0.653. The van der Waals surface area contributed by atoms with Crippen molar-refractivity contribution >= 4 is 11.6 Å². The lowest BCUT2D eigenvalue weighted by Gasteiger charge is -2.03. The molecular formula is C15H14N2O2. The minimum Gasteiger partial charge on any atom is -0.508 e. The Morgan fingerprint density at radius 1 is 1.00 bits per heavy atom. The third-order valence-corrected chi connectivity index (χ3v) is 2.65. The number of nitrogens with zero attached hydrogens (tertiary/aromatic N) is 1. The van der Waals surface area contributed by atoms with E-state index in [1.54, 1.807) is 0 Å². The molecule has 2 aromatic rings. The molecule has 0 aliphatic rings. The van der Waals surface area contributed by atoms with Gasteiger partial charge in [0.05, 0.1) is 5.71 Å². The van der Waals surface area contributed by atoms with Gasteiger partial charge in [0.1, 0.15) is 5.75 Å². The molecule has 2 rings (SSSR count). The van der Waals surface area contributed by atoms with Gasteiger partial charge in [-0.1, -0.05) is 30.3 Å². The van der Waals surface area contributed by atoms with Crippen LogP contribution >= 0.6 is 0 Å². The van der Waals surface area contributed by atoms with Crippen molar-refractivity contribution in [3.8, 4) is 5.75 Å². The summed E-state index contributed by atoms with van der Waals surface area (Å²) >= 11 is 0. The second kappa shape index (κ2) is 5.82. The Balaban J connectivity index is 2.06. The van der Waals surface area contributed by atoms with Crippen molar-refractivity contribution in [3.63, 3.8) is 0 Å². The molecule has 4 heteroatoms. The van der Waals surface area contributed by atoms with Gasteiger partial charge in [-0.05, 0) is 36.8 Å². The molecule has 0 radical (unpaired) electrons. The minimum atomic E-state index is -0.310. The van der Waals surface area contributed by atoms with Crippen LogP contribution in [-0.2, 0) is 0 Å². The zero-order valence-corrected chi connectivity index (χ0v) is 10.5. The van der Waals surface area contributed by atoms with E-state index < -0.39 is 0 Å². The van der Waals surface area contributed by atoms with Gasteiger partial charge in [-0.2, -0.15) is 5.10 Å². The fourth-order valence-electron chi connectivity index (χ4n) is 1.56. The lowest BCUT2D eigenvalue weighted by molar-refractivity contribution is 0.0955. The Morgan fingerprint density at radius 2 is 1.63 bits per heavy atom. The van der Waals surface area contributed by atoms with E-state index in [0.29, 0.717) is 5.56 Å². The van der Waals surface area contributed by atoms with Gasteiger partial charge in [0.2, 0.25) is 0 Å². The number of amides is 1. The van der Waals surface area contributed by atoms with Crippen molar-refractivity contribution in [2.45, 2.75) is 6.92 Å². The molecule has 0 unspecified atom stereocenters. The Kier molecular flexibility index (Phi) is 3.93. The fraction of sp³-hybridized carbons (Fsp3) is 0.0667. The summed E-state index contributed by atoms with van der Waals surface area (Å²) in [5.41, 5.74) is 4.61. The minimum absolute atomic E-state index is 0.125. The van der Waals surface area contributed by atoms with Crippen molar-refractivity contribution in [2.75, 3.05) is 0 Å². The Hall–Kier alpha value is -2.62. The standard InChI is InChI=1S/C15H14N2O2/c1-11(12-5-3-2-4-6-12)16-17-15(19)13-7-9-14(18)10-8-13/h2-10,18H,1H3,(H,17,19)/b16-11+. The molecule has 2 N–H and O–H groups in total. The predicted octanol–water partition coefficient (Wildman–Crippen LogP) is 2.55. The molecule has 0 bridgehead atoms. The maximum Gasteiger partial charge on any atom is 0.271 e. The summed E-state index contributed by atoms with van der Waals surface area (Å²) in [6.07, 6.45) is 0. The average Bonchev–Trinajstić information content (AvgIpc) is 2.46. The lowest BCUT2D eigenvalue weighted by Crippen LogP contribution is -2.19. The first-order valence-electron chi connectivity index (χ1n) is 5.86. The molecule has 0 aromatic heterocycles. The molecular weight excluding hydrogens is 240 g/mol. The number of hydrogen-bond acceptors (Lipinski definition) is 3. The molecule has 1 amide bonds. The van der Waals surface area contributed by atoms with Crippen molar-refractivity contribution in [1.82, 2.24) is 5.43 Å². The molecule has 19 heavy (non-hydrogen) atoms. The second-order valence-corrected chi connectivity index (χ2v) is 4.05. The summed E-state index contributed by atoms with van der Waals surface area (Å²) in [6.45, 7) is 1.83. The van der Waals surface area contributed by atoms with E-state index in [4.69, 9.17) is 5.11 Å². The van der Waals surface area contributed by atoms with Crippen LogP contribution in [-0.4, -0.2) is 16.7 Å². The summed E-state index contributed by atoms with van der Waals surface area (Å²) in [5, 5.41) is 13.2. The molecule has 0 saturated heterocycles. The monoisotopic (exact) mass is 254 g/mol. The van der Waals surface area contributed by atoms with Crippen LogP contribution in [0.2, 0.25) is 0 Å². The highest BCUT2D eigenvalue weighted by Gasteiger charge is 2.04. The van der Waals surface area contributed by atoms with Crippen LogP contribution in [0.5, 0.6) is 5.75 Å². The first-order valence-corrected chi connectivity index (χ1v) is 5.86. The molecule has 0 heterocycles. The van der Waals surface area contributed by atoms with Crippen molar-refractivity contribution in [3.05, 3.63) is 65.7 Å². The van der Waals surface area contributed by atoms with Gasteiger partial charge in [0.15, 0.2) is 0 Å². The molecule has 0 spiro atoms. The maximum absolute atomic E-state index is 11.8. The van der Waals surface area contributed by atoms with Gasteiger partial charge < -0.3 is 5.11 Å². The molecule has 0 saturated carbocycles. The third kappa shape index (κ3) is 3.42. The van der Waals surface area contributed by atoms with Gasteiger partial charge in [-0.15, -0.1) is 0 Å². The van der Waals surface area contributed by atoms with Crippen LogP contribution in [0.4, 0.5) is 0 Å². The van der Waals surface area contributed by atoms with Crippen LogP contribution in [0, 0.1) is 0 Å². The van der Waals surface area contributed by atoms with Gasteiger partial charge in [0, 0.05) is 5.56 Å². The zero-order valence-electron chi connectivity index (χ0n) is 10.5. The highest BCUT2D eigenvalue weighted by molar-refractivity contribution is 6.00. The summed E-state index contributed by atoms with van der Waals surface area (Å²) in [5.74, 6) is -0.184. The second-order valence-electron chi connectivity index (χ2n) is 4.05. The van der Waals surface area contributed by atoms with E-state index in [1.807, 2.05) is 37.3 Å². The third-order valence-electron chi connectivity index (χ3n) is 2.65. The Labute approximate surface area is 111 Å². The number of rotatable bonds is 3. The maximum atomic E-state index is 11.8. The summed E-state index contributed by atoms with van der Waals surface area (Å²) in [4.78, 5) is 11.8. The number of aromatic hydroxyl groups is 1. The topological polar surface area (TPSA) is 61.7 Å². The largest absolute Gasteiger partial charge is 0.508 e. The van der Waals surface area contributed by atoms with Crippen LogP contribution in [0.1, 0.15) is 22.8 Å². The van der Waals surface area contributed by atoms with Crippen LogP contribution in [0.3, 0.4) is 0 Å². The van der Waals surface area contributed by atoms with Crippen molar-refractivity contribution in [2.24, 2.45) is 5.10 Å². The molecule has 0 aliphatic carbocycles. The number of benzene rings is 2. The van der Waals surface area contributed by atoms with Crippen molar-refractivity contribution in [1.29, 1.82) is 0 Å². The normalized spacial score (nSPS) is 11.1. The Morgan fingerprint density at radius 3 is 2.26 bits per heavy atom. The van der Waals surface area contributed by atoms with Crippen LogP contribution in [0.25, 0.3) is 0 Å². The van der Waals surface area contributed by atoms with Crippen molar-refractivity contribution < 1.29 is 9.90 Å². The average molecular weight is 254 g/mol. The molecule has 2 aromatic carbocycles. The highest BCUT2D eigenvalue weighted by Crippen LogP contribution is 2.09. The number of hydrazone groups is 1. The first kappa shape index (κ1) is 12.8. The van der Waals surface area contributed by atoms with Gasteiger partial charge in [-0.25, -0.2) is 5.43 Å². The van der Waals surface area contributed by atoms with Gasteiger partial charge in [-0.3, -0.25) is 4.79 Å². The number of carbonyl (C=O) groups is 1. The number of phenols is 1. The van der Waals surface area contributed by atoms with E-state index >= 15 is 0 Å². The summed E-state index contributed by atoms with van der Waals surface area (Å²) in [7, 11) is 0. The molecule has 96 valence electrons. The van der Waals surface area contributed by atoms with E-state index in [1.165, 1.54) is 24.3 Å². The number of phenolic OH excluding ortho intramolecular Hbond substituents is 1. The number of carbonyl (C=O) groups excluding carboxylic acids is 1. The van der Waals surface area contributed by atoms with Crippen LogP contribution in [0.15, 0.2) is 59.7 Å². The van der Waals surface area contributed by atoms with E-state index in [9.17, 15) is 4.79 Å². The molecule has 0 fully saturated rings. The molecule has 0 aliphatic heterocycles. The smallest absolute Gasteiger partial charge is 0.271 e. The van der Waals surface area contributed by atoms with E-state index in [2.05, 4.69) is 10.5 Å². The highest BCUT2D eigenvalue weighted by atomic mass is 16.3. The fourth-order valence-corrected chi connectivity index (χ4v) is 1.56. The van der Waals surface area contributed by atoms with Gasteiger partial charge in [0.25, 0.3) is 5.91 Å². The predicted molar refractivity (Wildman–Crippen MR) is 74.2 cm³/mol. The number of hydrogen-bond donors (Lipinski definition) is 2.